The second kappa shape index (κ2) is 5.94. The second-order valence-corrected chi connectivity index (χ2v) is 5.90. The predicted molar refractivity (Wildman–Crippen MR) is 71.0 cm³/mol. The number of alkyl halides is 3. The summed E-state index contributed by atoms with van der Waals surface area (Å²) in [7, 11) is 0. The third kappa shape index (κ3) is 3.71. The summed E-state index contributed by atoms with van der Waals surface area (Å²) in [5.74, 6) is 0.414. The van der Waals surface area contributed by atoms with Gasteiger partial charge in [-0.2, -0.15) is 13.2 Å². The Hall–Kier alpha value is -1.05. The summed E-state index contributed by atoms with van der Waals surface area (Å²) in [6, 6.07) is 9.48. The van der Waals surface area contributed by atoms with E-state index in [1.165, 1.54) is 11.8 Å². The first-order valence-corrected chi connectivity index (χ1v) is 7.24. The number of hydrogen-bond donors (Lipinski definition) is 1. The molecule has 0 unspecified atom stereocenters. The molecule has 0 spiro atoms. The summed E-state index contributed by atoms with van der Waals surface area (Å²) in [6.45, 7) is -0.136. The third-order valence-electron chi connectivity index (χ3n) is 2.30. The quantitative estimate of drug-likeness (QED) is 0.870. The number of nitrogens with two attached hydrogens (primary N) is 1. The Morgan fingerprint density at radius 3 is 2.42 bits per heavy atom. The number of hydrogen-bond acceptors (Lipinski definition) is 4. The molecule has 0 amide bonds. The van der Waals surface area contributed by atoms with Crippen molar-refractivity contribution in [3.8, 4) is 0 Å². The Morgan fingerprint density at radius 2 is 1.89 bits per heavy atom. The molecule has 1 aromatic carbocycles. The highest BCUT2D eigenvalue weighted by atomic mass is 32.2. The lowest BCUT2D eigenvalue weighted by molar-refractivity contribution is -0.141. The maximum atomic E-state index is 12.7. The zero-order chi connectivity index (χ0) is 13.9. The minimum absolute atomic E-state index is 0.0937. The molecule has 2 nitrogen and oxygen atoms in total. The van der Waals surface area contributed by atoms with Gasteiger partial charge in [-0.1, -0.05) is 18.2 Å². The molecular weight excluding hydrogens is 293 g/mol. The van der Waals surface area contributed by atoms with Crippen molar-refractivity contribution >= 4 is 23.1 Å². The standard InChI is InChI=1S/C12H11F3N2S2/c13-12(14,15)11-9(6-16)19-10(17-11)7-18-8-4-2-1-3-5-8/h1-5H,6-7,16H2. The van der Waals surface area contributed by atoms with E-state index in [-0.39, 0.29) is 11.4 Å². The molecule has 19 heavy (non-hydrogen) atoms. The van der Waals surface area contributed by atoms with Gasteiger partial charge in [0.25, 0.3) is 0 Å². The summed E-state index contributed by atoms with van der Waals surface area (Å²) in [4.78, 5) is 4.75. The van der Waals surface area contributed by atoms with Crippen molar-refractivity contribution in [3.05, 3.63) is 45.9 Å². The van der Waals surface area contributed by atoms with Gasteiger partial charge in [0.15, 0.2) is 5.69 Å². The lowest BCUT2D eigenvalue weighted by Gasteiger charge is -2.03. The number of nitrogens with zero attached hydrogens (tertiary/aromatic N) is 1. The van der Waals surface area contributed by atoms with Gasteiger partial charge < -0.3 is 5.73 Å². The molecule has 0 saturated heterocycles. The van der Waals surface area contributed by atoms with Crippen LogP contribution < -0.4 is 5.73 Å². The SMILES string of the molecule is NCc1sc(CSc2ccccc2)nc1C(F)(F)F. The van der Waals surface area contributed by atoms with E-state index in [4.69, 9.17) is 5.73 Å². The van der Waals surface area contributed by atoms with Crippen LogP contribution in [0.5, 0.6) is 0 Å². The lowest BCUT2D eigenvalue weighted by atomic mass is 10.3. The first kappa shape index (κ1) is 14.4. The number of thiazole rings is 1. The van der Waals surface area contributed by atoms with Gasteiger partial charge in [-0.3, -0.25) is 0 Å². The van der Waals surface area contributed by atoms with Gasteiger partial charge in [-0.15, -0.1) is 23.1 Å². The van der Waals surface area contributed by atoms with E-state index < -0.39 is 11.9 Å². The molecule has 0 atom stereocenters. The highest BCUT2D eigenvalue weighted by Gasteiger charge is 2.36. The average molecular weight is 304 g/mol. The molecule has 1 aromatic heterocycles. The molecule has 0 bridgehead atoms. The van der Waals surface area contributed by atoms with E-state index in [1.54, 1.807) is 0 Å². The van der Waals surface area contributed by atoms with Crippen molar-refractivity contribution in [1.82, 2.24) is 4.98 Å². The summed E-state index contributed by atoms with van der Waals surface area (Å²) < 4.78 is 38.1. The van der Waals surface area contributed by atoms with Crippen molar-refractivity contribution < 1.29 is 13.2 Å². The van der Waals surface area contributed by atoms with Crippen LogP contribution >= 0.6 is 23.1 Å². The van der Waals surface area contributed by atoms with Crippen LogP contribution in [0, 0.1) is 0 Å². The van der Waals surface area contributed by atoms with Gasteiger partial charge in [0.05, 0.1) is 10.6 Å². The van der Waals surface area contributed by atoms with Gasteiger partial charge >= 0.3 is 6.18 Å². The molecule has 0 radical (unpaired) electrons. The molecule has 0 saturated carbocycles. The molecular formula is C12H11F3N2S2. The van der Waals surface area contributed by atoms with Crippen LogP contribution in [-0.2, 0) is 18.5 Å². The van der Waals surface area contributed by atoms with E-state index in [0.29, 0.717) is 10.8 Å². The Kier molecular flexibility index (Phi) is 4.49. The highest BCUT2D eigenvalue weighted by molar-refractivity contribution is 7.98. The minimum atomic E-state index is -4.43. The van der Waals surface area contributed by atoms with Crippen molar-refractivity contribution in [3.63, 3.8) is 0 Å². The Balaban J connectivity index is 2.12. The van der Waals surface area contributed by atoms with Crippen LogP contribution in [0.1, 0.15) is 15.6 Å². The van der Waals surface area contributed by atoms with Gasteiger partial charge in [0.1, 0.15) is 5.01 Å². The fourth-order valence-electron chi connectivity index (χ4n) is 1.48. The highest BCUT2D eigenvalue weighted by Crippen LogP contribution is 2.35. The Morgan fingerprint density at radius 1 is 1.21 bits per heavy atom. The van der Waals surface area contributed by atoms with Crippen molar-refractivity contribution in [2.45, 2.75) is 23.4 Å². The normalized spacial score (nSPS) is 11.8. The molecule has 2 N–H and O–H groups in total. The predicted octanol–water partition coefficient (Wildman–Crippen LogP) is 3.91. The largest absolute Gasteiger partial charge is 0.434 e. The fraction of sp³-hybridized carbons (Fsp3) is 0.250. The number of thioether (sulfide) groups is 1. The van der Waals surface area contributed by atoms with Gasteiger partial charge in [0, 0.05) is 11.4 Å². The maximum absolute atomic E-state index is 12.7. The molecule has 0 aliphatic rings. The van der Waals surface area contributed by atoms with Crippen molar-refractivity contribution in [1.29, 1.82) is 0 Å². The minimum Gasteiger partial charge on any atom is -0.326 e. The van der Waals surface area contributed by atoms with Crippen LogP contribution in [-0.4, -0.2) is 4.98 Å². The Bertz CT molecular complexity index is 538. The van der Waals surface area contributed by atoms with E-state index in [1.807, 2.05) is 30.3 Å². The molecule has 0 fully saturated rings. The summed E-state index contributed by atoms with van der Waals surface area (Å²) in [6.07, 6.45) is -4.43. The van der Waals surface area contributed by atoms with Crippen LogP contribution in [0.4, 0.5) is 13.2 Å². The second-order valence-electron chi connectivity index (χ2n) is 3.68. The van der Waals surface area contributed by atoms with E-state index >= 15 is 0 Å². The van der Waals surface area contributed by atoms with Crippen molar-refractivity contribution in [2.75, 3.05) is 0 Å². The number of halogens is 3. The molecule has 0 aliphatic carbocycles. The smallest absolute Gasteiger partial charge is 0.326 e. The zero-order valence-electron chi connectivity index (χ0n) is 9.78. The lowest BCUT2D eigenvalue weighted by Crippen LogP contribution is -2.10. The summed E-state index contributed by atoms with van der Waals surface area (Å²) in [5, 5.41) is 0.446. The molecule has 102 valence electrons. The molecule has 1 heterocycles. The zero-order valence-corrected chi connectivity index (χ0v) is 11.4. The summed E-state index contributed by atoms with van der Waals surface area (Å²) >= 11 is 2.49. The van der Waals surface area contributed by atoms with Gasteiger partial charge in [0.2, 0.25) is 0 Å². The van der Waals surface area contributed by atoms with Crippen LogP contribution in [0.3, 0.4) is 0 Å². The third-order valence-corrected chi connectivity index (χ3v) is 4.58. The fourth-order valence-corrected chi connectivity index (χ4v) is 3.36. The van der Waals surface area contributed by atoms with Crippen LogP contribution in [0.25, 0.3) is 0 Å². The van der Waals surface area contributed by atoms with E-state index in [9.17, 15) is 13.2 Å². The Labute approximate surface area is 116 Å². The topological polar surface area (TPSA) is 38.9 Å². The number of rotatable bonds is 4. The molecule has 2 aromatic rings. The van der Waals surface area contributed by atoms with Gasteiger partial charge in [-0.05, 0) is 12.1 Å². The molecule has 2 rings (SSSR count). The van der Waals surface area contributed by atoms with Gasteiger partial charge in [-0.25, -0.2) is 4.98 Å². The van der Waals surface area contributed by atoms with Crippen molar-refractivity contribution in [2.24, 2.45) is 5.73 Å². The number of benzene rings is 1. The van der Waals surface area contributed by atoms with E-state index in [0.717, 1.165) is 16.2 Å². The molecule has 7 heteroatoms. The van der Waals surface area contributed by atoms with E-state index in [2.05, 4.69) is 4.98 Å². The monoisotopic (exact) mass is 304 g/mol. The first-order valence-electron chi connectivity index (χ1n) is 5.44. The van der Waals surface area contributed by atoms with Crippen LogP contribution in [0.2, 0.25) is 0 Å². The first-order chi connectivity index (χ1) is 9.00. The molecule has 0 aliphatic heterocycles. The number of aromatic nitrogens is 1. The van der Waals surface area contributed by atoms with Crippen LogP contribution in [0.15, 0.2) is 35.2 Å². The average Bonchev–Trinajstić information content (AvgIpc) is 2.81. The maximum Gasteiger partial charge on any atom is 0.434 e. The summed E-state index contributed by atoms with van der Waals surface area (Å²) in [5.41, 5.74) is 4.49.